The maximum atomic E-state index is 12.5. The van der Waals surface area contributed by atoms with Crippen molar-refractivity contribution in [2.75, 3.05) is 17.8 Å². The van der Waals surface area contributed by atoms with E-state index >= 15 is 0 Å². The molecule has 0 aliphatic carbocycles. The molecule has 0 unspecified atom stereocenters. The topological polar surface area (TPSA) is 79.4 Å². The first kappa shape index (κ1) is 17.9. The number of hydrogen-bond acceptors (Lipinski definition) is 5. The average molecular weight is 380 g/mol. The normalized spacial score (nSPS) is 16.0. The van der Waals surface area contributed by atoms with Crippen molar-refractivity contribution in [2.24, 2.45) is 5.92 Å². The van der Waals surface area contributed by atoms with Gasteiger partial charge in [0.1, 0.15) is 5.69 Å². The molecule has 0 bridgehead atoms. The van der Waals surface area contributed by atoms with Gasteiger partial charge in [-0.3, -0.25) is 9.52 Å². The van der Waals surface area contributed by atoms with Crippen molar-refractivity contribution >= 4 is 32.4 Å². The Morgan fingerprint density at radius 1 is 1.24 bits per heavy atom. The number of nitrogens with zero attached hydrogens (tertiary/aromatic N) is 2. The van der Waals surface area contributed by atoms with E-state index in [9.17, 15) is 13.2 Å². The second kappa shape index (κ2) is 7.13. The van der Waals surface area contributed by atoms with E-state index < -0.39 is 10.0 Å². The number of hydrogen-bond donors (Lipinski definition) is 1. The molecule has 3 rings (SSSR count). The number of sulfonamides is 1. The van der Waals surface area contributed by atoms with Crippen molar-refractivity contribution in [1.82, 2.24) is 9.88 Å². The molecule has 1 aromatic carbocycles. The molecule has 0 radical (unpaired) electrons. The van der Waals surface area contributed by atoms with Gasteiger partial charge < -0.3 is 4.90 Å². The summed E-state index contributed by atoms with van der Waals surface area (Å²) in [5.74, 6) is 0.500. The second-order valence-electron chi connectivity index (χ2n) is 6.43. The Morgan fingerprint density at radius 3 is 2.52 bits per heavy atom. The molecule has 6 nitrogen and oxygen atoms in total. The number of thiazole rings is 1. The van der Waals surface area contributed by atoms with Crippen LogP contribution in [-0.4, -0.2) is 37.3 Å². The Morgan fingerprint density at radius 2 is 1.88 bits per heavy atom. The van der Waals surface area contributed by atoms with E-state index in [4.69, 9.17) is 0 Å². The van der Waals surface area contributed by atoms with Crippen LogP contribution in [0.5, 0.6) is 0 Å². The zero-order valence-electron chi connectivity index (χ0n) is 14.2. The van der Waals surface area contributed by atoms with E-state index in [-0.39, 0.29) is 15.9 Å². The van der Waals surface area contributed by atoms with Crippen LogP contribution in [0.25, 0.3) is 0 Å². The predicted molar refractivity (Wildman–Crippen MR) is 98.4 cm³/mol. The van der Waals surface area contributed by atoms with Crippen molar-refractivity contribution in [1.29, 1.82) is 0 Å². The van der Waals surface area contributed by atoms with Crippen LogP contribution in [0.3, 0.4) is 0 Å². The highest BCUT2D eigenvalue weighted by Crippen LogP contribution is 2.23. The van der Waals surface area contributed by atoms with E-state index in [1.165, 1.54) is 0 Å². The number of piperidine rings is 1. The molecule has 2 heterocycles. The van der Waals surface area contributed by atoms with Crippen LogP contribution in [0, 0.1) is 12.8 Å². The molecule has 2 aromatic rings. The summed E-state index contributed by atoms with van der Waals surface area (Å²) in [5, 5.41) is 1.81. The van der Waals surface area contributed by atoms with Gasteiger partial charge in [-0.2, -0.15) is 0 Å². The van der Waals surface area contributed by atoms with Crippen LogP contribution >= 0.6 is 11.3 Å². The molecule has 25 heavy (non-hydrogen) atoms. The van der Waals surface area contributed by atoms with E-state index in [2.05, 4.69) is 16.6 Å². The van der Waals surface area contributed by atoms with Crippen LogP contribution in [0.2, 0.25) is 0 Å². The number of carbonyl (C=O) groups excluding carboxylic acids is 1. The highest BCUT2D eigenvalue weighted by atomic mass is 32.2. The molecule has 0 saturated carbocycles. The fourth-order valence-electron chi connectivity index (χ4n) is 2.68. The van der Waals surface area contributed by atoms with Gasteiger partial charge in [0.2, 0.25) is 0 Å². The summed E-state index contributed by atoms with van der Waals surface area (Å²) in [5.41, 5.74) is 1.28. The third kappa shape index (κ3) is 4.19. The van der Waals surface area contributed by atoms with Gasteiger partial charge in [-0.1, -0.05) is 24.6 Å². The average Bonchev–Trinajstić information content (AvgIpc) is 3.03. The summed E-state index contributed by atoms with van der Waals surface area (Å²) < 4.78 is 27.2. The molecule has 1 aliphatic rings. The molecule has 0 atom stereocenters. The first-order chi connectivity index (χ1) is 11.8. The first-order valence-electron chi connectivity index (χ1n) is 8.19. The molecule has 1 saturated heterocycles. The number of rotatable bonds is 4. The van der Waals surface area contributed by atoms with Gasteiger partial charge in [0, 0.05) is 18.5 Å². The zero-order valence-corrected chi connectivity index (χ0v) is 15.9. The summed E-state index contributed by atoms with van der Waals surface area (Å²) >= 11 is 1.12. The van der Waals surface area contributed by atoms with Crippen molar-refractivity contribution in [3.8, 4) is 0 Å². The number of aryl methyl sites for hydroxylation is 1. The lowest BCUT2D eigenvalue weighted by molar-refractivity contribution is 0.0692. The number of aromatic nitrogens is 1. The Bertz CT molecular complexity index is 852. The summed E-state index contributed by atoms with van der Waals surface area (Å²) in [7, 11) is -3.70. The van der Waals surface area contributed by atoms with E-state index in [1.807, 2.05) is 6.92 Å². The van der Waals surface area contributed by atoms with E-state index in [0.717, 1.165) is 42.8 Å². The molecule has 8 heteroatoms. The van der Waals surface area contributed by atoms with Gasteiger partial charge in [-0.05, 0) is 37.8 Å². The van der Waals surface area contributed by atoms with Crippen LogP contribution in [0.15, 0.2) is 34.5 Å². The van der Waals surface area contributed by atoms with Gasteiger partial charge in [0.25, 0.3) is 15.9 Å². The lowest BCUT2D eigenvalue weighted by Gasteiger charge is -2.29. The SMILES string of the molecule is Cc1ccc(S(=O)(=O)Nc2nc(C(=O)N3CCC(C)CC3)cs2)cc1. The van der Waals surface area contributed by atoms with Crippen LogP contribution in [-0.2, 0) is 10.0 Å². The number of likely N-dealkylation sites (tertiary alicyclic amines) is 1. The predicted octanol–water partition coefficient (Wildman–Crippen LogP) is 3.12. The molecule has 1 fully saturated rings. The summed E-state index contributed by atoms with van der Waals surface area (Å²) in [6.45, 7) is 5.52. The third-order valence-electron chi connectivity index (χ3n) is 4.35. The van der Waals surface area contributed by atoms with Crippen molar-refractivity contribution in [2.45, 2.75) is 31.6 Å². The molecule has 1 aliphatic heterocycles. The van der Waals surface area contributed by atoms with Crippen molar-refractivity contribution in [3.05, 3.63) is 40.9 Å². The van der Waals surface area contributed by atoms with Gasteiger partial charge in [0.15, 0.2) is 5.13 Å². The second-order valence-corrected chi connectivity index (χ2v) is 8.97. The minimum absolute atomic E-state index is 0.135. The first-order valence-corrected chi connectivity index (χ1v) is 10.6. The number of anilines is 1. The standard InChI is InChI=1S/C17H21N3O3S2/c1-12-3-5-14(6-4-12)25(22,23)19-17-18-15(11-24-17)16(21)20-9-7-13(2)8-10-20/h3-6,11,13H,7-10H2,1-2H3,(H,18,19). The third-order valence-corrected chi connectivity index (χ3v) is 6.59. The monoisotopic (exact) mass is 379 g/mol. The molecular formula is C17H21N3O3S2. The number of nitrogens with one attached hydrogen (secondary N) is 1. The highest BCUT2D eigenvalue weighted by molar-refractivity contribution is 7.93. The Balaban J connectivity index is 1.71. The molecule has 1 aromatic heterocycles. The van der Waals surface area contributed by atoms with Crippen LogP contribution in [0.1, 0.15) is 35.8 Å². The summed E-state index contributed by atoms with van der Waals surface area (Å²) in [6.07, 6.45) is 1.98. The molecule has 1 N–H and O–H groups in total. The maximum absolute atomic E-state index is 12.5. The minimum atomic E-state index is -3.70. The maximum Gasteiger partial charge on any atom is 0.273 e. The lowest BCUT2D eigenvalue weighted by atomic mass is 9.99. The fraction of sp³-hybridized carbons (Fsp3) is 0.412. The van der Waals surface area contributed by atoms with Gasteiger partial charge in [-0.15, -0.1) is 11.3 Å². The Labute approximate surface area is 151 Å². The lowest BCUT2D eigenvalue weighted by Crippen LogP contribution is -2.38. The van der Waals surface area contributed by atoms with Gasteiger partial charge in [0.05, 0.1) is 4.90 Å². The van der Waals surface area contributed by atoms with Crippen molar-refractivity contribution in [3.63, 3.8) is 0 Å². The number of carbonyl (C=O) groups is 1. The zero-order chi connectivity index (χ0) is 18.0. The quantitative estimate of drug-likeness (QED) is 0.885. The summed E-state index contributed by atoms with van der Waals surface area (Å²) in [6, 6.07) is 6.57. The van der Waals surface area contributed by atoms with Crippen molar-refractivity contribution < 1.29 is 13.2 Å². The van der Waals surface area contributed by atoms with Crippen LogP contribution < -0.4 is 4.72 Å². The Kier molecular flexibility index (Phi) is 5.10. The fourth-order valence-corrected chi connectivity index (χ4v) is 4.62. The Hall–Kier alpha value is -1.93. The van der Waals surface area contributed by atoms with E-state index in [1.54, 1.807) is 34.5 Å². The highest BCUT2D eigenvalue weighted by Gasteiger charge is 2.24. The number of benzene rings is 1. The van der Waals surface area contributed by atoms with Crippen LogP contribution in [0.4, 0.5) is 5.13 Å². The van der Waals surface area contributed by atoms with E-state index in [0.29, 0.717) is 11.6 Å². The largest absolute Gasteiger partial charge is 0.337 e. The molecule has 1 amide bonds. The minimum Gasteiger partial charge on any atom is -0.337 e. The molecule has 0 spiro atoms. The number of amides is 1. The summed E-state index contributed by atoms with van der Waals surface area (Å²) in [4.78, 5) is 18.6. The molecule has 134 valence electrons. The molecular weight excluding hydrogens is 358 g/mol. The van der Waals surface area contributed by atoms with Gasteiger partial charge in [-0.25, -0.2) is 13.4 Å². The smallest absolute Gasteiger partial charge is 0.273 e. The van der Waals surface area contributed by atoms with Gasteiger partial charge >= 0.3 is 0 Å².